The second-order valence-corrected chi connectivity index (χ2v) is 4.75. The molecule has 0 atom stereocenters. The third kappa shape index (κ3) is 2.87. The summed E-state index contributed by atoms with van der Waals surface area (Å²) in [7, 11) is 0. The van der Waals surface area contributed by atoms with Crippen LogP contribution in [0.15, 0.2) is 30.5 Å². The van der Waals surface area contributed by atoms with Crippen molar-refractivity contribution in [3.05, 3.63) is 30.5 Å². The minimum Gasteiger partial charge on any atom is -0.436 e. The van der Waals surface area contributed by atoms with Crippen molar-refractivity contribution in [3.63, 3.8) is 0 Å². The van der Waals surface area contributed by atoms with Crippen LogP contribution in [0.4, 0.5) is 14.5 Å². The lowest BCUT2D eigenvalue weighted by Crippen LogP contribution is -2.39. The van der Waals surface area contributed by atoms with Gasteiger partial charge in [-0.1, -0.05) is 0 Å². The summed E-state index contributed by atoms with van der Waals surface area (Å²) < 4.78 is 31.7. The van der Waals surface area contributed by atoms with Crippen molar-refractivity contribution < 1.29 is 13.5 Å². The van der Waals surface area contributed by atoms with Gasteiger partial charge in [-0.15, -0.1) is 5.10 Å². The van der Waals surface area contributed by atoms with E-state index in [1.54, 1.807) is 12.1 Å². The summed E-state index contributed by atoms with van der Waals surface area (Å²) >= 11 is 0. The fraction of sp³-hybridized carbons (Fsp3) is 0.385. The van der Waals surface area contributed by atoms with Gasteiger partial charge < -0.3 is 9.64 Å². The molecule has 0 saturated carbocycles. The first-order valence-electron chi connectivity index (χ1n) is 6.39. The molecule has 2 heterocycles. The van der Waals surface area contributed by atoms with E-state index in [0.717, 1.165) is 5.69 Å². The Bertz CT molecular complexity index is 546. The van der Waals surface area contributed by atoms with E-state index in [9.17, 15) is 8.78 Å². The van der Waals surface area contributed by atoms with E-state index < -0.39 is 5.92 Å². The van der Waals surface area contributed by atoms with Crippen LogP contribution in [0.2, 0.25) is 0 Å². The molecule has 7 heteroatoms. The third-order valence-electron chi connectivity index (χ3n) is 3.31. The Morgan fingerprint density at radius 2 is 1.85 bits per heavy atom. The highest BCUT2D eigenvalue weighted by molar-refractivity contribution is 5.49. The standard InChI is InChI=1S/C13H14F2N4O/c14-13(15)5-7-19(8-6-13)10-1-3-11(4-2-10)20-12-9-16-18-17-12/h1-4,9H,5-8H2,(H,16,17,18). The zero-order chi connectivity index (χ0) is 14.0. The van der Waals surface area contributed by atoms with Gasteiger partial charge in [0, 0.05) is 31.6 Å². The van der Waals surface area contributed by atoms with Crippen molar-refractivity contribution in [1.82, 2.24) is 15.4 Å². The molecule has 1 aromatic carbocycles. The van der Waals surface area contributed by atoms with Crippen molar-refractivity contribution in [2.24, 2.45) is 0 Å². The van der Waals surface area contributed by atoms with Crippen LogP contribution >= 0.6 is 0 Å². The largest absolute Gasteiger partial charge is 0.436 e. The maximum atomic E-state index is 13.1. The number of anilines is 1. The Morgan fingerprint density at radius 1 is 1.15 bits per heavy atom. The van der Waals surface area contributed by atoms with E-state index in [4.69, 9.17) is 4.74 Å². The summed E-state index contributed by atoms with van der Waals surface area (Å²) in [5.41, 5.74) is 0.924. The Labute approximate surface area is 114 Å². The molecular formula is C13H14F2N4O. The third-order valence-corrected chi connectivity index (χ3v) is 3.31. The van der Waals surface area contributed by atoms with Gasteiger partial charge in [0.05, 0.1) is 0 Å². The monoisotopic (exact) mass is 280 g/mol. The molecule has 1 fully saturated rings. The minimum atomic E-state index is -2.52. The number of hydrogen-bond acceptors (Lipinski definition) is 4. The second-order valence-electron chi connectivity index (χ2n) is 4.75. The molecule has 0 amide bonds. The summed E-state index contributed by atoms with van der Waals surface area (Å²) in [6, 6.07) is 7.30. The summed E-state index contributed by atoms with van der Waals surface area (Å²) in [5, 5.41) is 9.89. The van der Waals surface area contributed by atoms with Crippen molar-refractivity contribution in [2.75, 3.05) is 18.0 Å². The fourth-order valence-electron chi connectivity index (χ4n) is 2.18. The number of rotatable bonds is 3. The van der Waals surface area contributed by atoms with Gasteiger partial charge in [0.25, 0.3) is 11.8 Å². The highest BCUT2D eigenvalue weighted by atomic mass is 19.3. The topological polar surface area (TPSA) is 54.0 Å². The van der Waals surface area contributed by atoms with E-state index in [1.165, 1.54) is 6.20 Å². The number of piperidine rings is 1. The summed E-state index contributed by atoms with van der Waals surface area (Å²) in [4.78, 5) is 1.96. The van der Waals surface area contributed by atoms with E-state index in [-0.39, 0.29) is 12.8 Å². The van der Waals surface area contributed by atoms with Crippen molar-refractivity contribution in [2.45, 2.75) is 18.8 Å². The van der Waals surface area contributed by atoms with Gasteiger partial charge in [0.15, 0.2) is 0 Å². The van der Waals surface area contributed by atoms with Gasteiger partial charge in [0.1, 0.15) is 11.9 Å². The highest BCUT2D eigenvalue weighted by Crippen LogP contribution is 2.31. The number of ether oxygens (including phenoxy) is 1. The number of H-pyrrole nitrogens is 1. The number of halogens is 2. The zero-order valence-corrected chi connectivity index (χ0v) is 10.7. The molecule has 1 saturated heterocycles. The molecule has 0 unspecified atom stereocenters. The highest BCUT2D eigenvalue weighted by Gasteiger charge is 2.33. The van der Waals surface area contributed by atoms with Crippen LogP contribution in [0.3, 0.4) is 0 Å². The quantitative estimate of drug-likeness (QED) is 0.939. The summed E-state index contributed by atoms with van der Waals surface area (Å²) in [5.74, 6) is -1.51. The maximum absolute atomic E-state index is 13.1. The van der Waals surface area contributed by atoms with Gasteiger partial charge in [-0.25, -0.2) is 8.78 Å². The van der Waals surface area contributed by atoms with Gasteiger partial charge in [-0.05, 0) is 24.3 Å². The molecule has 106 valence electrons. The molecular weight excluding hydrogens is 266 g/mol. The molecule has 1 N–H and O–H groups in total. The molecule has 0 radical (unpaired) electrons. The normalized spacial score (nSPS) is 18.0. The fourth-order valence-corrected chi connectivity index (χ4v) is 2.18. The molecule has 1 aliphatic rings. The van der Waals surface area contributed by atoms with Crippen LogP contribution in [0, 0.1) is 0 Å². The number of alkyl halides is 2. The van der Waals surface area contributed by atoms with Crippen LogP contribution in [0.25, 0.3) is 0 Å². The molecule has 0 spiro atoms. The first-order valence-corrected chi connectivity index (χ1v) is 6.39. The summed E-state index contributed by atoms with van der Waals surface area (Å²) in [6.07, 6.45) is 1.29. The number of aromatic nitrogens is 3. The van der Waals surface area contributed by atoms with Crippen molar-refractivity contribution >= 4 is 5.69 Å². The van der Waals surface area contributed by atoms with Crippen LogP contribution in [-0.4, -0.2) is 34.4 Å². The first-order chi connectivity index (χ1) is 9.62. The van der Waals surface area contributed by atoms with Crippen LogP contribution in [-0.2, 0) is 0 Å². The van der Waals surface area contributed by atoms with Crippen molar-refractivity contribution in [3.8, 4) is 11.6 Å². The molecule has 1 aliphatic heterocycles. The summed E-state index contributed by atoms with van der Waals surface area (Å²) in [6.45, 7) is 0.743. The van der Waals surface area contributed by atoms with Crippen LogP contribution in [0.5, 0.6) is 11.6 Å². The average molecular weight is 280 g/mol. The Morgan fingerprint density at radius 3 is 2.45 bits per heavy atom. The average Bonchev–Trinajstić information content (AvgIpc) is 2.93. The van der Waals surface area contributed by atoms with Crippen LogP contribution in [0.1, 0.15) is 12.8 Å². The predicted octanol–water partition coefficient (Wildman–Crippen LogP) is 2.83. The zero-order valence-electron chi connectivity index (χ0n) is 10.7. The lowest BCUT2D eigenvalue weighted by Gasteiger charge is -2.33. The molecule has 20 heavy (non-hydrogen) atoms. The Hall–Kier alpha value is -2.18. The van der Waals surface area contributed by atoms with Gasteiger partial charge >= 0.3 is 0 Å². The van der Waals surface area contributed by atoms with E-state index >= 15 is 0 Å². The number of hydrogen-bond donors (Lipinski definition) is 1. The molecule has 1 aromatic heterocycles. The predicted molar refractivity (Wildman–Crippen MR) is 69.3 cm³/mol. The molecule has 3 rings (SSSR count). The van der Waals surface area contributed by atoms with Crippen molar-refractivity contribution in [1.29, 1.82) is 0 Å². The van der Waals surface area contributed by atoms with E-state index in [2.05, 4.69) is 15.4 Å². The molecule has 5 nitrogen and oxygen atoms in total. The Kier molecular flexibility index (Phi) is 3.25. The minimum absolute atomic E-state index is 0.0931. The first kappa shape index (κ1) is 12.8. The number of benzene rings is 1. The molecule has 2 aromatic rings. The molecule has 0 aliphatic carbocycles. The number of nitrogens with zero attached hydrogens (tertiary/aromatic N) is 3. The lowest BCUT2D eigenvalue weighted by molar-refractivity contribution is -0.0220. The van der Waals surface area contributed by atoms with Gasteiger partial charge in [-0.2, -0.15) is 10.3 Å². The smallest absolute Gasteiger partial charge is 0.258 e. The second kappa shape index (κ2) is 5.07. The SMILES string of the molecule is FC1(F)CCN(c2ccc(Oc3cn[nH]n3)cc2)CC1. The number of nitrogens with one attached hydrogen (secondary N) is 1. The Balaban J connectivity index is 1.64. The van der Waals surface area contributed by atoms with E-state index in [1.807, 2.05) is 17.0 Å². The molecule has 0 bridgehead atoms. The van der Waals surface area contributed by atoms with E-state index in [0.29, 0.717) is 24.7 Å². The van der Waals surface area contributed by atoms with Gasteiger partial charge in [-0.3, -0.25) is 0 Å². The lowest BCUT2D eigenvalue weighted by atomic mass is 10.1. The maximum Gasteiger partial charge on any atom is 0.258 e. The van der Waals surface area contributed by atoms with Gasteiger partial charge in [0.2, 0.25) is 0 Å². The van der Waals surface area contributed by atoms with Crippen LogP contribution < -0.4 is 9.64 Å². The number of aromatic amines is 1.